The summed E-state index contributed by atoms with van der Waals surface area (Å²) in [5.74, 6) is -0.0906. The molecule has 0 saturated carbocycles. The summed E-state index contributed by atoms with van der Waals surface area (Å²) in [6.07, 6.45) is 8.52. The molecule has 0 aliphatic heterocycles. The number of rotatable bonds is 9. The molecule has 4 aromatic rings. The van der Waals surface area contributed by atoms with Crippen LogP contribution < -0.4 is 13.8 Å². The fourth-order valence-electron chi connectivity index (χ4n) is 4.57. The molecule has 13 nitrogen and oxygen atoms in total. The van der Waals surface area contributed by atoms with E-state index in [4.69, 9.17) is 4.18 Å². The van der Waals surface area contributed by atoms with Crippen molar-refractivity contribution in [3.05, 3.63) is 59.9 Å². The molecule has 0 saturated heterocycles. The largest absolute Gasteiger partial charge is 0.755 e. The Hall–Kier alpha value is -3.60. The fraction of sp³-hybridized carbons (Fsp3) is 0.292. The third kappa shape index (κ3) is 6.24. The average molecular weight is 606 g/mol. The summed E-state index contributed by atoms with van der Waals surface area (Å²) in [5.41, 5.74) is 3.83. The number of nitrogens with one attached hydrogen (secondary N) is 1. The lowest BCUT2D eigenvalue weighted by atomic mass is 9.89. The maximum Gasteiger partial charge on any atom is 0.306 e. The van der Waals surface area contributed by atoms with Gasteiger partial charge < -0.3 is 14.1 Å². The van der Waals surface area contributed by atoms with Gasteiger partial charge in [-0.1, -0.05) is 0 Å². The first-order chi connectivity index (χ1) is 18.9. The second-order valence-electron chi connectivity index (χ2n) is 9.39. The van der Waals surface area contributed by atoms with Crippen molar-refractivity contribution < 1.29 is 29.8 Å². The van der Waals surface area contributed by atoms with Gasteiger partial charge in [0.2, 0.25) is 5.95 Å². The topological polar surface area (TPSA) is 177 Å². The van der Waals surface area contributed by atoms with Gasteiger partial charge in [-0.05, 0) is 67.6 Å². The molecule has 0 fully saturated rings. The van der Waals surface area contributed by atoms with E-state index in [1.807, 2.05) is 0 Å². The molecule has 0 spiro atoms. The third-order valence-corrected chi connectivity index (χ3v) is 8.26. The summed E-state index contributed by atoms with van der Waals surface area (Å²) in [4.78, 5) is 8.97. The molecule has 16 heteroatoms. The van der Waals surface area contributed by atoms with Crippen LogP contribution in [0.25, 0.3) is 16.7 Å². The zero-order valence-corrected chi connectivity index (χ0v) is 23.9. The van der Waals surface area contributed by atoms with Crippen molar-refractivity contribution in [2.75, 3.05) is 28.0 Å². The van der Waals surface area contributed by atoms with Crippen molar-refractivity contribution in [1.29, 1.82) is 0 Å². The maximum atomic E-state index is 11.8. The fourth-order valence-corrected chi connectivity index (χ4v) is 6.84. The van der Waals surface area contributed by atoms with Crippen molar-refractivity contribution in [1.82, 2.24) is 19.7 Å². The van der Waals surface area contributed by atoms with E-state index < -0.39 is 37.1 Å². The highest BCUT2D eigenvalue weighted by atomic mass is 32.2. The molecule has 5 rings (SSSR count). The molecular formula is C24H25N6O7S3-. The van der Waals surface area contributed by atoms with Crippen molar-refractivity contribution in [2.45, 2.75) is 25.7 Å². The van der Waals surface area contributed by atoms with Crippen LogP contribution in [0.15, 0.2) is 48.8 Å². The number of anilines is 3. The number of nitrogens with zero attached hydrogens (tertiary/aromatic N) is 5. The van der Waals surface area contributed by atoms with Crippen LogP contribution in [0.3, 0.4) is 0 Å². The Bertz CT molecular complexity index is 1820. The number of sulfone groups is 1. The highest BCUT2D eigenvalue weighted by Crippen LogP contribution is 2.35. The van der Waals surface area contributed by atoms with Crippen molar-refractivity contribution >= 4 is 59.6 Å². The minimum absolute atomic E-state index is 0.187. The van der Waals surface area contributed by atoms with Crippen LogP contribution in [0.2, 0.25) is 0 Å². The minimum atomic E-state index is -3.68. The monoisotopic (exact) mass is 605 g/mol. The number of benzene rings is 2. The summed E-state index contributed by atoms with van der Waals surface area (Å²) in [5, 5.41) is 8.27. The highest BCUT2D eigenvalue weighted by Gasteiger charge is 2.23. The first-order valence-corrected chi connectivity index (χ1v) is 17.0. The molecule has 1 aliphatic rings. The Morgan fingerprint density at radius 3 is 2.38 bits per heavy atom. The van der Waals surface area contributed by atoms with Gasteiger partial charge in [0.1, 0.15) is 11.6 Å². The van der Waals surface area contributed by atoms with Crippen LogP contribution in [0, 0.1) is 0 Å². The Balaban J connectivity index is 1.45. The van der Waals surface area contributed by atoms with E-state index in [9.17, 15) is 25.6 Å². The van der Waals surface area contributed by atoms with Crippen LogP contribution in [0.4, 0.5) is 17.3 Å². The summed E-state index contributed by atoms with van der Waals surface area (Å²) in [6.45, 7) is 0. The van der Waals surface area contributed by atoms with Crippen molar-refractivity contribution in [2.24, 2.45) is 0 Å². The number of hydrogen-bond donors (Lipinski definition) is 1. The van der Waals surface area contributed by atoms with Crippen LogP contribution >= 0.6 is 0 Å². The van der Waals surface area contributed by atoms with E-state index >= 15 is 0 Å². The van der Waals surface area contributed by atoms with Gasteiger partial charge >= 0.3 is 10.1 Å². The minimum Gasteiger partial charge on any atom is -0.755 e. The Morgan fingerprint density at radius 1 is 1.02 bits per heavy atom. The van der Waals surface area contributed by atoms with Crippen LogP contribution in [-0.2, 0) is 44.1 Å². The predicted octanol–water partition coefficient (Wildman–Crippen LogP) is 2.38. The first kappa shape index (κ1) is 27.9. The summed E-state index contributed by atoms with van der Waals surface area (Å²) >= 11 is -2.77. The summed E-state index contributed by atoms with van der Waals surface area (Å²) in [7, 11) is -7.26. The van der Waals surface area contributed by atoms with Gasteiger partial charge in [0.05, 0.1) is 23.5 Å². The summed E-state index contributed by atoms with van der Waals surface area (Å²) < 4.78 is 77.6. The van der Waals surface area contributed by atoms with Crippen molar-refractivity contribution in [3.63, 3.8) is 0 Å². The van der Waals surface area contributed by atoms with E-state index in [0.29, 0.717) is 28.9 Å². The van der Waals surface area contributed by atoms with Crippen LogP contribution in [0.1, 0.15) is 24.0 Å². The Morgan fingerprint density at radius 2 is 1.73 bits per heavy atom. The lowest BCUT2D eigenvalue weighted by Crippen LogP contribution is -2.30. The lowest BCUT2D eigenvalue weighted by Gasteiger charge is -2.25. The molecule has 2 aromatic carbocycles. The molecule has 0 bridgehead atoms. The first-order valence-electron chi connectivity index (χ1n) is 12.0. The molecule has 1 unspecified atom stereocenters. The van der Waals surface area contributed by atoms with Gasteiger partial charge in [-0.2, -0.15) is 18.5 Å². The van der Waals surface area contributed by atoms with E-state index in [1.165, 1.54) is 12.1 Å². The molecular weight excluding hydrogens is 581 g/mol. The molecule has 212 valence electrons. The van der Waals surface area contributed by atoms with Crippen LogP contribution in [-0.4, -0.2) is 63.7 Å². The van der Waals surface area contributed by atoms with Gasteiger partial charge in [-0.25, -0.2) is 18.1 Å². The van der Waals surface area contributed by atoms with Gasteiger partial charge in [0.15, 0.2) is 15.5 Å². The second-order valence-corrected chi connectivity index (χ2v) is 13.9. The zero-order chi connectivity index (χ0) is 28.7. The molecule has 2 heterocycles. The van der Waals surface area contributed by atoms with E-state index in [1.54, 1.807) is 41.3 Å². The smallest absolute Gasteiger partial charge is 0.306 e. The molecule has 1 N–H and O–H groups in total. The van der Waals surface area contributed by atoms with Crippen molar-refractivity contribution in [3.8, 4) is 11.4 Å². The van der Waals surface area contributed by atoms with Crippen LogP contribution in [0.5, 0.6) is 5.75 Å². The standard InChI is InChI=1S/C24H26N6O7S3/c1-39(33,34)15-29(38(31)32)18-9-7-17(8-10-18)27-24-25-13-16-14-26-30(23(16)28-24)21-11-12-22(37-40(2,35)36)20-6-4-3-5-19(20)21/h7-14H,3-6,15H2,1-2H3,(H,31,32)(H,25,27,28)/p-1. The van der Waals surface area contributed by atoms with E-state index in [0.717, 1.165) is 52.9 Å². The normalized spacial score (nSPS) is 14.5. The molecule has 2 aromatic heterocycles. The SMILES string of the molecule is CS(=O)(=O)CN(c1ccc(Nc2ncc3cnn(-c4ccc(OS(C)(=O)=O)c5c4CCCC5)c3n2)cc1)S(=O)[O-]. The zero-order valence-electron chi connectivity index (χ0n) is 21.5. The Labute approximate surface area is 233 Å². The van der Waals surface area contributed by atoms with Gasteiger partial charge in [-0.15, -0.1) is 0 Å². The predicted molar refractivity (Wildman–Crippen MR) is 150 cm³/mol. The van der Waals surface area contributed by atoms with Gasteiger partial charge in [0, 0.05) is 40.7 Å². The van der Waals surface area contributed by atoms with Gasteiger partial charge in [-0.3, -0.25) is 8.51 Å². The lowest BCUT2D eigenvalue weighted by molar-refractivity contribution is 0.486. The molecule has 40 heavy (non-hydrogen) atoms. The third-order valence-electron chi connectivity index (χ3n) is 6.19. The second kappa shape index (κ2) is 10.8. The molecule has 0 amide bonds. The number of aromatic nitrogens is 4. The molecule has 1 aliphatic carbocycles. The molecule has 1 atom stereocenters. The Kier molecular flexibility index (Phi) is 7.52. The number of hydrogen-bond acceptors (Lipinski definition) is 11. The van der Waals surface area contributed by atoms with E-state index in [-0.39, 0.29) is 11.6 Å². The average Bonchev–Trinajstić information content (AvgIpc) is 3.30. The maximum absolute atomic E-state index is 11.8. The summed E-state index contributed by atoms with van der Waals surface area (Å²) in [6, 6.07) is 9.51. The highest BCUT2D eigenvalue weighted by molar-refractivity contribution is 7.92. The van der Waals surface area contributed by atoms with E-state index in [2.05, 4.69) is 20.4 Å². The number of fused-ring (bicyclic) bond motifs is 2. The van der Waals surface area contributed by atoms with Gasteiger partial charge in [0.25, 0.3) is 0 Å². The molecule has 0 radical (unpaired) electrons. The quantitative estimate of drug-likeness (QED) is 0.219.